The predicted octanol–water partition coefficient (Wildman–Crippen LogP) is 4.47. The summed E-state index contributed by atoms with van der Waals surface area (Å²) in [6, 6.07) is 28.3. The molecular weight excluding hydrogens is 372 g/mol. The highest BCUT2D eigenvalue weighted by molar-refractivity contribution is 5.77. The second-order valence-corrected chi connectivity index (χ2v) is 7.65. The molecule has 30 heavy (non-hydrogen) atoms. The van der Waals surface area contributed by atoms with Gasteiger partial charge in [0.2, 0.25) is 5.91 Å². The topological polar surface area (TPSA) is 41.6 Å². The lowest BCUT2D eigenvalue weighted by Crippen LogP contribution is -2.25. The molecule has 0 unspecified atom stereocenters. The van der Waals surface area contributed by atoms with Gasteiger partial charge >= 0.3 is 0 Å². The number of benzene rings is 3. The van der Waals surface area contributed by atoms with Crippen molar-refractivity contribution in [2.45, 2.75) is 18.9 Å². The predicted molar refractivity (Wildman–Crippen MR) is 122 cm³/mol. The Kier molecular flexibility index (Phi) is 8.04. The van der Waals surface area contributed by atoms with Crippen molar-refractivity contribution in [3.63, 3.8) is 0 Å². The molecule has 3 rings (SSSR count). The number of nitrogens with zero attached hydrogens (tertiary/aromatic N) is 1. The lowest BCUT2D eigenvalue weighted by molar-refractivity contribution is -0.121. The molecule has 3 aromatic rings. The van der Waals surface area contributed by atoms with Crippen molar-refractivity contribution in [3.8, 4) is 5.75 Å². The van der Waals surface area contributed by atoms with E-state index in [2.05, 4.69) is 34.5 Å². The second kappa shape index (κ2) is 11.2. The van der Waals surface area contributed by atoms with E-state index in [0.717, 1.165) is 29.0 Å². The maximum Gasteiger partial charge on any atom is 0.221 e. The summed E-state index contributed by atoms with van der Waals surface area (Å²) >= 11 is 0. The standard InChI is InChI=1S/C26H30N2O2/c1-28(2)17-18-30-24-15-13-21(14-16-24)20-27-26(29)19-25(22-9-5-3-6-10-22)23-11-7-4-8-12-23/h3-16,25H,17-20H2,1-2H3,(H,27,29). The van der Waals surface area contributed by atoms with E-state index < -0.39 is 0 Å². The van der Waals surface area contributed by atoms with Gasteiger partial charge in [-0.05, 0) is 42.9 Å². The van der Waals surface area contributed by atoms with Gasteiger partial charge in [0.15, 0.2) is 0 Å². The minimum Gasteiger partial charge on any atom is -0.492 e. The van der Waals surface area contributed by atoms with Crippen LogP contribution in [-0.2, 0) is 11.3 Å². The first kappa shape index (κ1) is 21.6. The summed E-state index contributed by atoms with van der Waals surface area (Å²) in [4.78, 5) is 14.8. The molecule has 0 aromatic heterocycles. The Morgan fingerprint density at radius 2 is 1.43 bits per heavy atom. The van der Waals surface area contributed by atoms with Gasteiger partial charge in [-0.25, -0.2) is 0 Å². The molecule has 0 aliphatic heterocycles. The van der Waals surface area contributed by atoms with Crippen LogP contribution in [0.3, 0.4) is 0 Å². The van der Waals surface area contributed by atoms with E-state index >= 15 is 0 Å². The summed E-state index contributed by atoms with van der Waals surface area (Å²) in [5, 5.41) is 3.06. The molecule has 0 saturated heterocycles. The third-order valence-corrected chi connectivity index (χ3v) is 5.01. The van der Waals surface area contributed by atoms with E-state index in [9.17, 15) is 4.79 Å². The van der Waals surface area contributed by atoms with Crippen LogP contribution in [0, 0.1) is 0 Å². The minimum absolute atomic E-state index is 0.0408. The molecule has 3 aromatic carbocycles. The first-order chi connectivity index (χ1) is 14.6. The third kappa shape index (κ3) is 6.75. The molecule has 0 fully saturated rings. The Balaban J connectivity index is 1.56. The molecule has 0 saturated carbocycles. The van der Waals surface area contributed by atoms with Gasteiger partial charge in [0.1, 0.15) is 12.4 Å². The van der Waals surface area contributed by atoms with Crippen LogP contribution in [0.1, 0.15) is 29.0 Å². The quantitative estimate of drug-likeness (QED) is 0.544. The number of hydrogen-bond acceptors (Lipinski definition) is 3. The molecule has 0 bridgehead atoms. The highest BCUT2D eigenvalue weighted by atomic mass is 16.5. The average Bonchev–Trinajstić information content (AvgIpc) is 2.78. The normalized spacial score (nSPS) is 10.9. The number of nitrogens with one attached hydrogen (secondary N) is 1. The zero-order chi connectivity index (χ0) is 21.2. The highest BCUT2D eigenvalue weighted by Gasteiger charge is 2.17. The fourth-order valence-corrected chi connectivity index (χ4v) is 3.31. The van der Waals surface area contributed by atoms with E-state index in [0.29, 0.717) is 19.6 Å². The molecule has 0 spiro atoms. The minimum atomic E-state index is 0.0408. The van der Waals surface area contributed by atoms with Gasteiger partial charge in [0.05, 0.1) is 0 Å². The van der Waals surface area contributed by atoms with E-state index in [1.807, 2.05) is 74.8 Å². The monoisotopic (exact) mass is 402 g/mol. The van der Waals surface area contributed by atoms with Crippen molar-refractivity contribution < 1.29 is 9.53 Å². The Morgan fingerprint density at radius 1 is 0.867 bits per heavy atom. The second-order valence-electron chi connectivity index (χ2n) is 7.65. The van der Waals surface area contributed by atoms with Gasteiger partial charge in [0, 0.05) is 25.4 Å². The summed E-state index contributed by atoms with van der Waals surface area (Å²) in [5.74, 6) is 0.930. The Hall–Kier alpha value is -3.11. The molecule has 4 nitrogen and oxygen atoms in total. The SMILES string of the molecule is CN(C)CCOc1ccc(CNC(=O)CC(c2ccccc2)c2ccccc2)cc1. The molecular formula is C26H30N2O2. The van der Waals surface area contributed by atoms with Gasteiger partial charge in [-0.15, -0.1) is 0 Å². The van der Waals surface area contributed by atoms with Crippen LogP contribution < -0.4 is 10.1 Å². The summed E-state index contributed by atoms with van der Waals surface area (Å²) in [6.45, 7) is 2.04. The summed E-state index contributed by atoms with van der Waals surface area (Å²) < 4.78 is 5.72. The molecule has 156 valence electrons. The van der Waals surface area contributed by atoms with Crippen molar-refractivity contribution >= 4 is 5.91 Å². The zero-order valence-corrected chi connectivity index (χ0v) is 17.8. The van der Waals surface area contributed by atoms with Gasteiger partial charge < -0.3 is 15.0 Å². The first-order valence-electron chi connectivity index (χ1n) is 10.3. The van der Waals surface area contributed by atoms with Crippen LogP contribution in [-0.4, -0.2) is 38.1 Å². The lowest BCUT2D eigenvalue weighted by atomic mass is 9.88. The van der Waals surface area contributed by atoms with E-state index in [-0.39, 0.29) is 11.8 Å². The Morgan fingerprint density at radius 3 is 1.97 bits per heavy atom. The molecule has 1 N–H and O–H groups in total. The Labute approximate surface area is 179 Å². The number of hydrogen-bond donors (Lipinski definition) is 1. The highest BCUT2D eigenvalue weighted by Crippen LogP contribution is 2.27. The largest absolute Gasteiger partial charge is 0.492 e. The van der Waals surface area contributed by atoms with Gasteiger partial charge in [-0.1, -0.05) is 72.8 Å². The molecule has 4 heteroatoms. The molecule has 0 aliphatic rings. The number of carbonyl (C=O) groups is 1. The summed E-state index contributed by atoms with van der Waals surface area (Å²) in [5.41, 5.74) is 3.36. The van der Waals surface area contributed by atoms with Crippen molar-refractivity contribution in [2.75, 3.05) is 27.2 Å². The maximum absolute atomic E-state index is 12.7. The van der Waals surface area contributed by atoms with Gasteiger partial charge in [-0.3, -0.25) is 4.79 Å². The molecule has 0 aliphatic carbocycles. The molecule has 0 atom stereocenters. The first-order valence-corrected chi connectivity index (χ1v) is 10.3. The van der Waals surface area contributed by atoms with Gasteiger partial charge in [-0.2, -0.15) is 0 Å². The van der Waals surface area contributed by atoms with Crippen LogP contribution >= 0.6 is 0 Å². The van der Waals surface area contributed by atoms with Crippen LogP contribution in [0.25, 0.3) is 0 Å². The smallest absolute Gasteiger partial charge is 0.221 e. The van der Waals surface area contributed by atoms with Crippen molar-refractivity contribution in [1.82, 2.24) is 10.2 Å². The third-order valence-electron chi connectivity index (χ3n) is 5.01. The lowest BCUT2D eigenvalue weighted by Gasteiger charge is -2.18. The summed E-state index contributed by atoms with van der Waals surface area (Å²) in [7, 11) is 4.05. The fraction of sp³-hybridized carbons (Fsp3) is 0.269. The number of rotatable bonds is 10. The fourth-order valence-electron chi connectivity index (χ4n) is 3.31. The molecule has 0 heterocycles. The van der Waals surface area contributed by atoms with Crippen molar-refractivity contribution in [2.24, 2.45) is 0 Å². The zero-order valence-electron chi connectivity index (χ0n) is 17.8. The number of carbonyl (C=O) groups excluding carboxylic acids is 1. The van der Waals surface area contributed by atoms with Crippen LogP contribution in [0.5, 0.6) is 5.75 Å². The average molecular weight is 403 g/mol. The maximum atomic E-state index is 12.7. The van der Waals surface area contributed by atoms with Crippen LogP contribution in [0.2, 0.25) is 0 Å². The number of amides is 1. The van der Waals surface area contributed by atoms with E-state index in [4.69, 9.17) is 4.74 Å². The number of ether oxygens (including phenoxy) is 1. The van der Waals surface area contributed by atoms with Crippen molar-refractivity contribution in [1.29, 1.82) is 0 Å². The van der Waals surface area contributed by atoms with E-state index in [1.54, 1.807) is 0 Å². The van der Waals surface area contributed by atoms with Gasteiger partial charge in [0.25, 0.3) is 0 Å². The number of likely N-dealkylation sites (N-methyl/N-ethyl adjacent to an activating group) is 1. The Bertz CT molecular complexity index is 854. The van der Waals surface area contributed by atoms with E-state index in [1.165, 1.54) is 0 Å². The van der Waals surface area contributed by atoms with Crippen LogP contribution in [0.4, 0.5) is 0 Å². The summed E-state index contributed by atoms with van der Waals surface area (Å²) in [6.07, 6.45) is 0.416. The van der Waals surface area contributed by atoms with Crippen molar-refractivity contribution in [3.05, 3.63) is 102 Å². The molecule has 1 amide bonds. The van der Waals surface area contributed by atoms with Crippen LogP contribution in [0.15, 0.2) is 84.9 Å². The molecule has 0 radical (unpaired) electrons.